The van der Waals surface area contributed by atoms with Crippen molar-refractivity contribution in [2.45, 2.75) is 46.3 Å². The molecule has 11 heavy (non-hydrogen) atoms. The molecule has 0 spiro atoms. The molecule has 0 atom stereocenters. The van der Waals surface area contributed by atoms with Crippen molar-refractivity contribution in [3.63, 3.8) is 0 Å². The van der Waals surface area contributed by atoms with Crippen LogP contribution in [0.5, 0.6) is 0 Å². The van der Waals surface area contributed by atoms with Crippen LogP contribution in [0.15, 0.2) is 0 Å². The highest BCUT2D eigenvalue weighted by atomic mass is 16.7. The van der Waals surface area contributed by atoms with Gasteiger partial charge in [-0.1, -0.05) is 20.8 Å². The molecule has 0 N–H and O–H groups in total. The van der Waals surface area contributed by atoms with Crippen molar-refractivity contribution >= 4 is 0 Å². The van der Waals surface area contributed by atoms with Crippen LogP contribution in [-0.4, -0.2) is 19.5 Å². The zero-order valence-corrected chi connectivity index (χ0v) is 7.93. The van der Waals surface area contributed by atoms with Gasteiger partial charge in [-0.2, -0.15) is 0 Å². The molecule has 0 bridgehead atoms. The van der Waals surface area contributed by atoms with Crippen molar-refractivity contribution in [2.24, 2.45) is 0 Å². The Morgan fingerprint density at radius 2 is 1.36 bits per heavy atom. The van der Waals surface area contributed by atoms with Crippen molar-refractivity contribution in [1.29, 1.82) is 0 Å². The van der Waals surface area contributed by atoms with E-state index in [2.05, 4.69) is 20.8 Å². The Kier molecular flexibility index (Phi) is 7.96. The maximum absolute atomic E-state index is 5.42. The minimum atomic E-state index is 0.0231. The predicted octanol–water partition coefficient (Wildman–Crippen LogP) is 2.58. The molecule has 2 nitrogen and oxygen atoms in total. The molecular formula is C9H20O2. The normalized spacial score (nSPS) is 10.9. The van der Waals surface area contributed by atoms with Crippen molar-refractivity contribution in [1.82, 2.24) is 0 Å². The average Bonchev–Trinajstić information content (AvgIpc) is 2.05. The first-order valence-electron chi connectivity index (χ1n) is 4.58. The van der Waals surface area contributed by atoms with Crippen LogP contribution in [0, 0.1) is 0 Å². The summed E-state index contributed by atoms with van der Waals surface area (Å²) < 4.78 is 10.8. The highest BCUT2D eigenvalue weighted by Gasteiger charge is 2.03. The average molecular weight is 160 g/mol. The molecule has 0 rings (SSSR count). The van der Waals surface area contributed by atoms with Gasteiger partial charge in [0.15, 0.2) is 6.29 Å². The third-order valence-corrected chi connectivity index (χ3v) is 1.35. The summed E-state index contributed by atoms with van der Waals surface area (Å²) in [6.45, 7) is 7.90. The first-order chi connectivity index (χ1) is 5.35. The molecule has 0 aliphatic rings. The van der Waals surface area contributed by atoms with Crippen molar-refractivity contribution in [3.05, 3.63) is 0 Å². The predicted molar refractivity (Wildman–Crippen MR) is 46.6 cm³/mol. The Labute approximate surface area is 69.9 Å². The summed E-state index contributed by atoms with van der Waals surface area (Å²) in [5.41, 5.74) is 0. The first-order valence-corrected chi connectivity index (χ1v) is 4.58. The molecule has 0 aliphatic carbocycles. The fraction of sp³-hybridized carbons (Fsp3) is 1.00. The van der Waals surface area contributed by atoms with Crippen LogP contribution in [0.3, 0.4) is 0 Å². The van der Waals surface area contributed by atoms with Crippen molar-refractivity contribution in [2.75, 3.05) is 13.2 Å². The van der Waals surface area contributed by atoms with Gasteiger partial charge in [0, 0.05) is 13.2 Å². The van der Waals surface area contributed by atoms with E-state index in [0.717, 1.165) is 32.5 Å². The lowest BCUT2D eigenvalue weighted by Gasteiger charge is -2.15. The third-order valence-electron chi connectivity index (χ3n) is 1.35. The van der Waals surface area contributed by atoms with E-state index < -0.39 is 0 Å². The Hall–Kier alpha value is -0.0800. The molecule has 68 valence electrons. The number of rotatable bonds is 7. The van der Waals surface area contributed by atoms with Crippen LogP contribution in [-0.2, 0) is 9.47 Å². The molecule has 0 aliphatic heterocycles. The van der Waals surface area contributed by atoms with E-state index in [1.165, 1.54) is 0 Å². The SMILES string of the molecule is CCCOC(CC)OCCC. The van der Waals surface area contributed by atoms with Crippen LogP contribution in [0.4, 0.5) is 0 Å². The molecule has 0 heterocycles. The zero-order chi connectivity index (χ0) is 8.53. The molecular weight excluding hydrogens is 140 g/mol. The summed E-state index contributed by atoms with van der Waals surface area (Å²) >= 11 is 0. The fourth-order valence-corrected chi connectivity index (χ4v) is 0.782. The van der Waals surface area contributed by atoms with Gasteiger partial charge in [0.05, 0.1) is 0 Å². The molecule has 0 aromatic rings. The van der Waals surface area contributed by atoms with Gasteiger partial charge in [0.2, 0.25) is 0 Å². The summed E-state index contributed by atoms with van der Waals surface area (Å²) in [6.07, 6.45) is 3.09. The molecule has 0 radical (unpaired) electrons. The lowest BCUT2D eigenvalue weighted by Crippen LogP contribution is -2.17. The summed E-state index contributed by atoms with van der Waals surface area (Å²) in [5, 5.41) is 0. The number of hydrogen-bond donors (Lipinski definition) is 0. The van der Waals surface area contributed by atoms with E-state index in [-0.39, 0.29) is 6.29 Å². The molecule has 0 aromatic heterocycles. The van der Waals surface area contributed by atoms with Crippen LogP contribution in [0.2, 0.25) is 0 Å². The lowest BCUT2D eigenvalue weighted by atomic mass is 10.4. The minimum absolute atomic E-state index is 0.0231. The Bertz CT molecular complexity index is 66.0. The van der Waals surface area contributed by atoms with Crippen molar-refractivity contribution < 1.29 is 9.47 Å². The van der Waals surface area contributed by atoms with Gasteiger partial charge >= 0.3 is 0 Å². The largest absolute Gasteiger partial charge is 0.353 e. The standard InChI is InChI=1S/C9H20O2/c1-4-7-10-9(6-3)11-8-5-2/h9H,4-8H2,1-3H3. The molecule has 0 unspecified atom stereocenters. The maximum Gasteiger partial charge on any atom is 0.157 e. The second-order valence-corrected chi connectivity index (χ2v) is 2.58. The minimum Gasteiger partial charge on any atom is -0.353 e. The lowest BCUT2D eigenvalue weighted by molar-refractivity contribution is -0.143. The van der Waals surface area contributed by atoms with E-state index in [1.54, 1.807) is 0 Å². The third kappa shape index (κ3) is 6.32. The highest BCUT2D eigenvalue weighted by Crippen LogP contribution is 2.01. The van der Waals surface area contributed by atoms with Crippen LogP contribution < -0.4 is 0 Å². The van der Waals surface area contributed by atoms with E-state index in [9.17, 15) is 0 Å². The molecule has 0 fully saturated rings. The molecule has 0 saturated heterocycles. The summed E-state index contributed by atoms with van der Waals surface area (Å²) in [5.74, 6) is 0. The molecule has 0 amide bonds. The first kappa shape index (κ1) is 10.9. The van der Waals surface area contributed by atoms with Crippen LogP contribution in [0.25, 0.3) is 0 Å². The van der Waals surface area contributed by atoms with Gasteiger partial charge in [-0.3, -0.25) is 0 Å². The van der Waals surface area contributed by atoms with Gasteiger partial charge in [-0.05, 0) is 19.3 Å². The molecule has 0 aromatic carbocycles. The van der Waals surface area contributed by atoms with E-state index in [4.69, 9.17) is 9.47 Å². The fourth-order valence-electron chi connectivity index (χ4n) is 0.782. The van der Waals surface area contributed by atoms with E-state index in [0.29, 0.717) is 0 Å². The Morgan fingerprint density at radius 1 is 0.909 bits per heavy atom. The topological polar surface area (TPSA) is 18.5 Å². The quantitative estimate of drug-likeness (QED) is 0.533. The van der Waals surface area contributed by atoms with E-state index in [1.807, 2.05) is 0 Å². The maximum atomic E-state index is 5.42. The van der Waals surface area contributed by atoms with Gasteiger partial charge in [0.25, 0.3) is 0 Å². The smallest absolute Gasteiger partial charge is 0.157 e. The molecule has 0 saturated carbocycles. The van der Waals surface area contributed by atoms with Crippen molar-refractivity contribution in [3.8, 4) is 0 Å². The van der Waals surface area contributed by atoms with Crippen LogP contribution in [0.1, 0.15) is 40.0 Å². The monoisotopic (exact) mass is 160 g/mol. The van der Waals surface area contributed by atoms with E-state index >= 15 is 0 Å². The van der Waals surface area contributed by atoms with Gasteiger partial charge in [-0.15, -0.1) is 0 Å². The molecule has 2 heteroatoms. The summed E-state index contributed by atoms with van der Waals surface area (Å²) in [6, 6.07) is 0. The number of hydrogen-bond acceptors (Lipinski definition) is 2. The summed E-state index contributed by atoms with van der Waals surface area (Å²) in [7, 11) is 0. The van der Waals surface area contributed by atoms with Crippen LogP contribution >= 0.6 is 0 Å². The zero-order valence-electron chi connectivity index (χ0n) is 7.93. The number of ether oxygens (including phenoxy) is 2. The summed E-state index contributed by atoms with van der Waals surface area (Å²) in [4.78, 5) is 0. The van der Waals surface area contributed by atoms with Gasteiger partial charge in [0.1, 0.15) is 0 Å². The Balaban J connectivity index is 3.25. The second kappa shape index (κ2) is 8.02. The highest BCUT2D eigenvalue weighted by molar-refractivity contribution is 4.39. The van der Waals surface area contributed by atoms with Gasteiger partial charge in [-0.25, -0.2) is 0 Å². The second-order valence-electron chi connectivity index (χ2n) is 2.58. The Morgan fingerprint density at radius 3 is 1.64 bits per heavy atom. The van der Waals surface area contributed by atoms with Gasteiger partial charge < -0.3 is 9.47 Å².